The van der Waals surface area contributed by atoms with Crippen molar-refractivity contribution in [1.29, 1.82) is 0 Å². The molecule has 7 heteroatoms. The Morgan fingerprint density at radius 1 is 1.15 bits per heavy atom. The van der Waals surface area contributed by atoms with E-state index in [9.17, 15) is 14.9 Å². The van der Waals surface area contributed by atoms with Crippen LogP contribution in [0.25, 0.3) is 5.69 Å². The summed E-state index contributed by atoms with van der Waals surface area (Å²) in [6.07, 6.45) is 1.69. The zero-order chi connectivity index (χ0) is 24.6. The number of aryl methyl sites for hydroxylation is 1. The molecule has 1 amide bonds. The van der Waals surface area contributed by atoms with Crippen LogP contribution in [0.3, 0.4) is 0 Å². The van der Waals surface area contributed by atoms with Crippen molar-refractivity contribution in [3.8, 4) is 5.69 Å². The molecule has 0 aliphatic heterocycles. The fourth-order valence-electron chi connectivity index (χ4n) is 5.20. The van der Waals surface area contributed by atoms with Gasteiger partial charge in [0.25, 0.3) is 5.69 Å². The number of nitro groups is 1. The second-order valence-electron chi connectivity index (χ2n) is 10.4. The lowest BCUT2D eigenvalue weighted by molar-refractivity contribution is -0.384. The van der Waals surface area contributed by atoms with Gasteiger partial charge in [0, 0.05) is 17.7 Å². The van der Waals surface area contributed by atoms with Gasteiger partial charge < -0.3 is 5.32 Å². The van der Waals surface area contributed by atoms with Crippen LogP contribution in [0.2, 0.25) is 0 Å². The van der Waals surface area contributed by atoms with Crippen molar-refractivity contribution in [2.45, 2.75) is 59.4 Å². The SMILES string of the molecule is Cc1nn(-c2ccccc2)c2c1C(NC(=O)C(c1ccc([N+](=O)[O-])cc1)C(C)C)CC(C)(C)C2. The lowest BCUT2D eigenvalue weighted by Gasteiger charge is -2.37. The number of carbonyl (C=O) groups excluding carboxylic acids is 1. The number of amides is 1. The van der Waals surface area contributed by atoms with E-state index in [2.05, 4.69) is 19.2 Å². The molecule has 4 rings (SSSR count). The first kappa shape index (κ1) is 23.7. The Kier molecular flexibility index (Phi) is 6.30. The van der Waals surface area contributed by atoms with Crippen molar-refractivity contribution in [1.82, 2.24) is 15.1 Å². The first-order valence-corrected chi connectivity index (χ1v) is 11.8. The molecular formula is C27H32N4O3. The number of nitrogens with zero attached hydrogens (tertiary/aromatic N) is 3. The molecule has 0 fully saturated rings. The minimum absolute atomic E-state index is 0.00929. The van der Waals surface area contributed by atoms with Crippen LogP contribution in [0.5, 0.6) is 0 Å². The number of hydrogen-bond acceptors (Lipinski definition) is 4. The van der Waals surface area contributed by atoms with Crippen LogP contribution in [0, 0.1) is 28.4 Å². The predicted molar refractivity (Wildman–Crippen MR) is 132 cm³/mol. The summed E-state index contributed by atoms with van der Waals surface area (Å²) in [5.74, 6) is -0.436. The molecule has 7 nitrogen and oxygen atoms in total. The predicted octanol–water partition coefficient (Wildman–Crippen LogP) is 5.66. The average molecular weight is 461 g/mol. The van der Waals surface area contributed by atoms with Crippen LogP contribution in [0.4, 0.5) is 5.69 Å². The molecule has 2 aromatic carbocycles. The Balaban J connectivity index is 1.68. The maximum Gasteiger partial charge on any atom is 0.269 e. The number of carbonyl (C=O) groups is 1. The van der Waals surface area contributed by atoms with Crippen LogP contribution >= 0.6 is 0 Å². The third-order valence-corrected chi connectivity index (χ3v) is 6.69. The van der Waals surface area contributed by atoms with Crippen molar-refractivity contribution in [2.24, 2.45) is 11.3 Å². The van der Waals surface area contributed by atoms with Gasteiger partial charge >= 0.3 is 0 Å². The highest BCUT2D eigenvalue weighted by Crippen LogP contribution is 2.43. The highest BCUT2D eigenvalue weighted by molar-refractivity contribution is 5.84. The van der Waals surface area contributed by atoms with Crippen molar-refractivity contribution >= 4 is 11.6 Å². The number of fused-ring (bicyclic) bond motifs is 1. The van der Waals surface area contributed by atoms with Crippen molar-refractivity contribution < 1.29 is 9.72 Å². The number of nitrogens with one attached hydrogen (secondary N) is 1. The highest BCUT2D eigenvalue weighted by Gasteiger charge is 2.38. The summed E-state index contributed by atoms with van der Waals surface area (Å²) in [5.41, 5.74) is 4.98. The van der Waals surface area contributed by atoms with Gasteiger partial charge in [0.1, 0.15) is 0 Å². The van der Waals surface area contributed by atoms with Crippen LogP contribution < -0.4 is 5.32 Å². The lowest BCUT2D eigenvalue weighted by Crippen LogP contribution is -2.40. The van der Waals surface area contributed by atoms with Crippen molar-refractivity contribution in [3.05, 3.63) is 87.2 Å². The molecule has 1 aliphatic rings. The zero-order valence-electron chi connectivity index (χ0n) is 20.4. The van der Waals surface area contributed by atoms with E-state index in [0.29, 0.717) is 0 Å². The fraction of sp³-hybridized carbons (Fsp3) is 0.407. The molecule has 0 bridgehead atoms. The van der Waals surface area contributed by atoms with Gasteiger partial charge in [0.15, 0.2) is 0 Å². The largest absolute Gasteiger partial charge is 0.349 e. The van der Waals surface area contributed by atoms with Gasteiger partial charge in [-0.05, 0) is 48.8 Å². The van der Waals surface area contributed by atoms with E-state index in [1.807, 2.05) is 55.8 Å². The molecule has 0 spiro atoms. The zero-order valence-corrected chi connectivity index (χ0v) is 20.4. The van der Waals surface area contributed by atoms with Gasteiger partial charge in [-0.25, -0.2) is 4.68 Å². The minimum atomic E-state index is -0.424. The van der Waals surface area contributed by atoms with Gasteiger partial charge in [0.05, 0.1) is 34.0 Å². The van der Waals surface area contributed by atoms with Gasteiger partial charge in [-0.15, -0.1) is 0 Å². The second-order valence-corrected chi connectivity index (χ2v) is 10.4. The number of non-ortho nitro benzene ring substituents is 1. The van der Waals surface area contributed by atoms with Gasteiger partial charge in [0.2, 0.25) is 5.91 Å². The molecule has 1 aromatic heterocycles. The number of aromatic nitrogens is 2. The molecular weight excluding hydrogens is 428 g/mol. The monoisotopic (exact) mass is 460 g/mol. The summed E-state index contributed by atoms with van der Waals surface area (Å²) in [6, 6.07) is 16.3. The summed E-state index contributed by atoms with van der Waals surface area (Å²) < 4.78 is 2.01. The molecule has 1 heterocycles. The highest BCUT2D eigenvalue weighted by atomic mass is 16.6. The van der Waals surface area contributed by atoms with Crippen LogP contribution in [0.1, 0.15) is 68.6 Å². The summed E-state index contributed by atoms with van der Waals surface area (Å²) in [4.78, 5) is 24.2. The van der Waals surface area contributed by atoms with Crippen LogP contribution in [-0.4, -0.2) is 20.6 Å². The quantitative estimate of drug-likeness (QED) is 0.380. The summed E-state index contributed by atoms with van der Waals surface area (Å²) in [5, 5.41) is 19.2. The van der Waals surface area contributed by atoms with E-state index in [0.717, 1.165) is 41.0 Å². The van der Waals surface area contributed by atoms with Gasteiger partial charge in [-0.3, -0.25) is 14.9 Å². The Hall–Kier alpha value is -3.48. The summed E-state index contributed by atoms with van der Waals surface area (Å²) in [6.45, 7) is 10.5. The second kappa shape index (κ2) is 9.05. The smallest absolute Gasteiger partial charge is 0.269 e. The van der Waals surface area contributed by atoms with Crippen LogP contribution in [0.15, 0.2) is 54.6 Å². The van der Waals surface area contributed by atoms with E-state index < -0.39 is 10.8 Å². The number of para-hydroxylation sites is 1. The molecule has 2 unspecified atom stereocenters. The maximum absolute atomic E-state index is 13.6. The van der Waals surface area contributed by atoms with Gasteiger partial charge in [-0.1, -0.05) is 58.0 Å². The molecule has 0 saturated heterocycles. The third kappa shape index (κ3) is 4.60. The summed E-state index contributed by atoms with van der Waals surface area (Å²) >= 11 is 0. The van der Waals surface area contributed by atoms with E-state index in [1.54, 1.807) is 12.1 Å². The van der Waals surface area contributed by atoms with Gasteiger partial charge in [-0.2, -0.15) is 5.10 Å². The topological polar surface area (TPSA) is 90.1 Å². The fourth-order valence-corrected chi connectivity index (χ4v) is 5.20. The molecule has 3 aromatic rings. The Bertz CT molecular complexity index is 1200. The Morgan fingerprint density at radius 2 is 1.79 bits per heavy atom. The Labute approximate surface area is 200 Å². The normalized spacial score (nSPS) is 17.8. The van der Waals surface area contributed by atoms with E-state index >= 15 is 0 Å². The van der Waals surface area contributed by atoms with Crippen LogP contribution in [-0.2, 0) is 11.2 Å². The maximum atomic E-state index is 13.6. The van der Waals surface area contributed by atoms with Crippen molar-refractivity contribution in [3.63, 3.8) is 0 Å². The minimum Gasteiger partial charge on any atom is -0.349 e. The lowest BCUT2D eigenvalue weighted by atomic mass is 9.73. The molecule has 1 N–H and O–H groups in total. The number of benzene rings is 2. The standard InChI is InChI=1S/C27H32N4O3/c1-17(2)24(19-11-13-21(14-12-19)31(33)34)26(32)28-22-15-27(4,5)16-23-25(22)18(3)29-30(23)20-9-7-6-8-10-20/h6-14,17,22,24H,15-16H2,1-5H3,(H,28,32). The molecule has 0 saturated carbocycles. The van der Waals surface area contributed by atoms with Crippen molar-refractivity contribution in [2.75, 3.05) is 0 Å². The average Bonchev–Trinajstić information content (AvgIpc) is 3.09. The molecule has 178 valence electrons. The number of hydrogen-bond donors (Lipinski definition) is 1. The first-order valence-electron chi connectivity index (χ1n) is 11.8. The van der Waals surface area contributed by atoms with E-state index in [4.69, 9.17) is 5.10 Å². The molecule has 1 aliphatic carbocycles. The molecule has 2 atom stereocenters. The van der Waals surface area contributed by atoms with E-state index in [-0.39, 0.29) is 29.0 Å². The first-order chi connectivity index (χ1) is 16.1. The summed E-state index contributed by atoms with van der Waals surface area (Å²) in [7, 11) is 0. The number of rotatable bonds is 6. The molecule has 34 heavy (non-hydrogen) atoms. The van der Waals surface area contributed by atoms with E-state index in [1.165, 1.54) is 12.1 Å². The molecule has 0 radical (unpaired) electrons. The third-order valence-electron chi connectivity index (χ3n) is 6.69. The Morgan fingerprint density at radius 3 is 2.38 bits per heavy atom. The number of nitro benzene ring substituents is 1.